The lowest BCUT2D eigenvalue weighted by molar-refractivity contribution is -0.136. The van der Waals surface area contributed by atoms with Gasteiger partial charge in [-0.05, 0) is 32.0 Å². The molecule has 1 aromatic carbocycles. The van der Waals surface area contributed by atoms with Crippen LogP contribution in [0.2, 0.25) is 5.02 Å². The van der Waals surface area contributed by atoms with Gasteiger partial charge >= 0.3 is 0 Å². The van der Waals surface area contributed by atoms with E-state index in [0.29, 0.717) is 10.6 Å². The first kappa shape index (κ1) is 13.5. The number of phenolic OH excluding ortho intramolecular Hbond substituents is 1. The lowest BCUT2D eigenvalue weighted by Crippen LogP contribution is -2.39. The predicted octanol–water partition coefficient (Wildman–Crippen LogP) is 1.27. The van der Waals surface area contributed by atoms with Crippen LogP contribution in [0.25, 0.3) is 0 Å². The molecule has 92 valence electrons. The second-order valence-corrected chi connectivity index (χ2v) is 4.40. The number of carbonyl (C=O) groups is 1. The molecule has 0 bridgehead atoms. The van der Waals surface area contributed by atoms with Gasteiger partial charge in [0, 0.05) is 10.6 Å². The van der Waals surface area contributed by atoms with Gasteiger partial charge in [0.15, 0.2) is 0 Å². The molecule has 1 amide bonds. The van der Waals surface area contributed by atoms with E-state index in [1.807, 2.05) is 0 Å². The van der Waals surface area contributed by atoms with Gasteiger partial charge in [-0.15, -0.1) is 0 Å². The number of hydrazone groups is 1. The maximum Gasteiger partial charge on any atom is 0.271 e. The molecule has 0 unspecified atom stereocenters. The highest BCUT2D eigenvalue weighted by molar-refractivity contribution is 6.30. The Kier molecular flexibility index (Phi) is 4.09. The van der Waals surface area contributed by atoms with Gasteiger partial charge in [-0.3, -0.25) is 4.79 Å². The van der Waals surface area contributed by atoms with E-state index in [9.17, 15) is 15.0 Å². The largest absolute Gasteiger partial charge is 0.507 e. The molecule has 0 spiro atoms. The van der Waals surface area contributed by atoms with Gasteiger partial charge < -0.3 is 10.2 Å². The van der Waals surface area contributed by atoms with Crippen LogP contribution in [-0.4, -0.2) is 27.9 Å². The second kappa shape index (κ2) is 5.16. The second-order valence-electron chi connectivity index (χ2n) is 3.96. The van der Waals surface area contributed by atoms with Crippen LogP contribution in [0.4, 0.5) is 0 Å². The number of hydrogen-bond acceptors (Lipinski definition) is 4. The first-order chi connectivity index (χ1) is 7.80. The highest BCUT2D eigenvalue weighted by Gasteiger charge is 2.22. The summed E-state index contributed by atoms with van der Waals surface area (Å²) in [7, 11) is 0. The predicted molar refractivity (Wildman–Crippen MR) is 65.2 cm³/mol. The van der Waals surface area contributed by atoms with Gasteiger partial charge in [0.2, 0.25) is 0 Å². The molecule has 1 rings (SSSR count). The minimum Gasteiger partial charge on any atom is -0.507 e. The topological polar surface area (TPSA) is 81.9 Å². The van der Waals surface area contributed by atoms with Crippen molar-refractivity contribution in [3.05, 3.63) is 28.8 Å². The fourth-order valence-corrected chi connectivity index (χ4v) is 1.11. The molecule has 0 aliphatic carbocycles. The van der Waals surface area contributed by atoms with Crippen LogP contribution in [0.5, 0.6) is 5.75 Å². The summed E-state index contributed by atoms with van der Waals surface area (Å²) in [5, 5.41) is 22.8. The van der Waals surface area contributed by atoms with Crippen LogP contribution in [0, 0.1) is 0 Å². The third-order valence-corrected chi connectivity index (χ3v) is 2.15. The van der Waals surface area contributed by atoms with Crippen LogP contribution in [-0.2, 0) is 4.79 Å². The minimum atomic E-state index is -1.51. The zero-order valence-corrected chi connectivity index (χ0v) is 10.2. The first-order valence-electron chi connectivity index (χ1n) is 4.85. The van der Waals surface area contributed by atoms with E-state index in [4.69, 9.17) is 11.6 Å². The Morgan fingerprint density at radius 1 is 1.53 bits per heavy atom. The summed E-state index contributed by atoms with van der Waals surface area (Å²) in [5.74, 6) is -0.647. The molecule has 0 radical (unpaired) electrons. The van der Waals surface area contributed by atoms with Gasteiger partial charge in [-0.1, -0.05) is 11.6 Å². The first-order valence-corrected chi connectivity index (χ1v) is 5.23. The van der Waals surface area contributed by atoms with Gasteiger partial charge in [0.05, 0.1) is 6.21 Å². The third-order valence-electron chi connectivity index (χ3n) is 1.91. The van der Waals surface area contributed by atoms with Gasteiger partial charge in [-0.25, -0.2) is 5.43 Å². The Bertz CT molecular complexity index is 453. The Labute approximate surface area is 104 Å². The normalized spacial score (nSPS) is 11.8. The highest BCUT2D eigenvalue weighted by Crippen LogP contribution is 2.19. The monoisotopic (exact) mass is 256 g/mol. The van der Waals surface area contributed by atoms with Crippen molar-refractivity contribution in [1.29, 1.82) is 0 Å². The average Bonchev–Trinajstić information content (AvgIpc) is 2.21. The van der Waals surface area contributed by atoms with Gasteiger partial charge in [0.25, 0.3) is 5.91 Å². The summed E-state index contributed by atoms with van der Waals surface area (Å²) in [6, 6.07) is 4.45. The van der Waals surface area contributed by atoms with Crippen LogP contribution in [0.1, 0.15) is 19.4 Å². The lowest BCUT2D eigenvalue weighted by Gasteiger charge is -2.13. The molecule has 0 fully saturated rings. The summed E-state index contributed by atoms with van der Waals surface area (Å²) in [4.78, 5) is 11.2. The quantitative estimate of drug-likeness (QED) is 0.563. The molecule has 0 saturated carbocycles. The van der Waals surface area contributed by atoms with Gasteiger partial charge in [-0.2, -0.15) is 5.10 Å². The number of hydrogen-bond donors (Lipinski definition) is 3. The lowest BCUT2D eigenvalue weighted by atomic mass is 10.1. The number of nitrogens with zero attached hydrogens (tertiary/aromatic N) is 1. The molecule has 0 heterocycles. The number of halogens is 1. The summed E-state index contributed by atoms with van der Waals surface area (Å²) < 4.78 is 0. The number of aromatic hydroxyl groups is 1. The van der Waals surface area contributed by atoms with E-state index < -0.39 is 11.5 Å². The van der Waals surface area contributed by atoms with Crippen LogP contribution < -0.4 is 5.43 Å². The van der Waals surface area contributed by atoms with E-state index >= 15 is 0 Å². The van der Waals surface area contributed by atoms with Gasteiger partial charge in [0.1, 0.15) is 11.4 Å². The number of amides is 1. The van der Waals surface area contributed by atoms with Crippen molar-refractivity contribution in [1.82, 2.24) is 5.43 Å². The smallest absolute Gasteiger partial charge is 0.271 e. The number of phenols is 1. The fraction of sp³-hybridized carbons (Fsp3) is 0.273. The Balaban J connectivity index is 2.72. The molecule has 0 atom stereocenters. The average molecular weight is 257 g/mol. The summed E-state index contributed by atoms with van der Waals surface area (Å²) in [5.41, 5.74) is 1.01. The maximum atomic E-state index is 11.2. The van der Waals surface area contributed by atoms with Crippen molar-refractivity contribution in [2.75, 3.05) is 0 Å². The standard InChI is InChI=1S/C11H13ClN2O3/c1-11(2,17)10(16)14-13-6-7-5-8(12)3-4-9(7)15/h3-6,15,17H,1-2H3,(H,14,16)/b13-6-. The van der Waals surface area contributed by atoms with Crippen molar-refractivity contribution in [2.45, 2.75) is 19.4 Å². The Morgan fingerprint density at radius 2 is 2.18 bits per heavy atom. The number of rotatable bonds is 3. The van der Waals surface area contributed by atoms with E-state index in [1.54, 1.807) is 0 Å². The number of aliphatic hydroxyl groups is 1. The van der Waals surface area contributed by atoms with Crippen molar-refractivity contribution < 1.29 is 15.0 Å². The van der Waals surface area contributed by atoms with Crippen molar-refractivity contribution >= 4 is 23.7 Å². The number of benzene rings is 1. The molecule has 17 heavy (non-hydrogen) atoms. The number of nitrogens with one attached hydrogen (secondary N) is 1. The Hall–Kier alpha value is -1.59. The van der Waals surface area contributed by atoms with E-state index in [1.165, 1.54) is 38.3 Å². The highest BCUT2D eigenvalue weighted by atomic mass is 35.5. The van der Waals surface area contributed by atoms with E-state index in [2.05, 4.69) is 10.5 Å². The van der Waals surface area contributed by atoms with Crippen molar-refractivity contribution in [3.8, 4) is 5.75 Å². The minimum absolute atomic E-state index is 0.00402. The molecular weight excluding hydrogens is 244 g/mol. The zero-order chi connectivity index (χ0) is 13.1. The van der Waals surface area contributed by atoms with Crippen LogP contribution in [0.3, 0.4) is 0 Å². The summed E-state index contributed by atoms with van der Waals surface area (Å²) in [6.45, 7) is 2.68. The van der Waals surface area contributed by atoms with E-state index in [0.717, 1.165) is 0 Å². The zero-order valence-electron chi connectivity index (χ0n) is 9.44. The molecule has 0 aliphatic heterocycles. The molecule has 0 saturated heterocycles. The fourth-order valence-electron chi connectivity index (χ4n) is 0.926. The molecular formula is C11H13ClN2O3. The number of carbonyl (C=O) groups excluding carboxylic acids is 1. The molecule has 3 N–H and O–H groups in total. The maximum absolute atomic E-state index is 11.2. The van der Waals surface area contributed by atoms with Crippen LogP contribution >= 0.6 is 11.6 Å². The summed E-state index contributed by atoms with van der Waals surface area (Å²) >= 11 is 5.73. The molecule has 6 heteroatoms. The van der Waals surface area contributed by atoms with Crippen LogP contribution in [0.15, 0.2) is 23.3 Å². The van der Waals surface area contributed by atoms with Crippen molar-refractivity contribution in [3.63, 3.8) is 0 Å². The molecule has 0 aromatic heterocycles. The molecule has 1 aromatic rings. The summed E-state index contributed by atoms with van der Waals surface area (Å²) in [6.07, 6.45) is 1.24. The third kappa shape index (κ3) is 4.05. The molecule has 5 nitrogen and oxygen atoms in total. The van der Waals surface area contributed by atoms with Crippen molar-refractivity contribution in [2.24, 2.45) is 5.10 Å². The Morgan fingerprint density at radius 3 is 2.76 bits per heavy atom. The molecule has 0 aliphatic rings. The van der Waals surface area contributed by atoms with E-state index in [-0.39, 0.29) is 5.75 Å². The SMILES string of the molecule is CC(C)(O)C(=O)N/N=C\c1cc(Cl)ccc1O.